The van der Waals surface area contributed by atoms with Gasteiger partial charge in [-0.05, 0) is 38.8 Å². The molecule has 1 aliphatic carbocycles. The van der Waals surface area contributed by atoms with Gasteiger partial charge in [0.2, 0.25) is 0 Å². The average Bonchev–Trinajstić information content (AvgIpc) is 2.74. The molecule has 12 heavy (non-hydrogen) atoms. The van der Waals surface area contributed by atoms with E-state index in [-0.39, 0.29) is 0 Å². The van der Waals surface area contributed by atoms with E-state index in [1.165, 1.54) is 45.1 Å². The topological polar surface area (TPSA) is 20.3 Å². The van der Waals surface area contributed by atoms with Crippen LogP contribution in [0.25, 0.3) is 0 Å². The van der Waals surface area contributed by atoms with Crippen molar-refractivity contribution in [1.82, 2.24) is 4.90 Å². The third-order valence-corrected chi connectivity index (χ3v) is 3.32. The molecular weight excluding hydrogens is 150 g/mol. The highest BCUT2D eigenvalue weighted by Gasteiger charge is 2.32. The number of aldehydes is 1. The maximum Gasteiger partial charge on any atom is 0.124 e. The van der Waals surface area contributed by atoms with Gasteiger partial charge in [0.05, 0.1) is 0 Å². The van der Waals surface area contributed by atoms with Gasteiger partial charge in [0.1, 0.15) is 6.29 Å². The summed E-state index contributed by atoms with van der Waals surface area (Å²) in [5.41, 5.74) is 0. The first kappa shape index (κ1) is 8.24. The molecule has 2 unspecified atom stereocenters. The average molecular weight is 167 g/mol. The predicted molar refractivity (Wildman–Crippen MR) is 48.0 cm³/mol. The highest BCUT2D eigenvalue weighted by atomic mass is 16.1. The molecule has 0 radical (unpaired) electrons. The number of hydrogen-bond acceptors (Lipinski definition) is 2. The smallest absolute Gasteiger partial charge is 0.124 e. The molecule has 0 N–H and O–H groups in total. The van der Waals surface area contributed by atoms with Crippen molar-refractivity contribution in [3.63, 3.8) is 0 Å². The Hall–Kier alpha value is -0.370. The Balaban J connectivity index is 1.96. The van der Waals surface area contributed by atoms with Gasteiger partial charge in [-0.1, -0.05) is 6.42 Å². The molecule has 1 saturated heterocycles. The maximum atomic E-state index is 10.7. The van der Waals surface area contributed by atoms with Crippen LogP contribution in [0, 0.1) is 5.92 Å². The van der Waals surface area contributed by atoms with Gasteiger partial charge in [-0.25, -0.2) is 0 Å². The molecule has 2 nitrogen and oxygen atoms in total. The van der Waals surface area contributed by atoms with Crippen LogP contribution in [0.5, 0.6) is 0 Å². The first-order chi connectivity index (χ1) is 5.92. The Kier molecular flexibility index (Phi) is 2.45. The zero-order chi connectivity index (χ0) is 8.39. The quantitative estimate of drug-likeness (QED) is 0.580. The third-order valence-electron chi connectivity index (χ3n) is 3.32. The number of likely N-dealkylation sites (tertiary alicyclic amines) is 1. The first-order valence-electron chi connectivity index (χ1n) is 5.11. The Bertz CT molecular complexity index is 163. The molecule has 68 valence electrons. The molecule has 2 atom stereocenters. The SMILES string of the molecule is O=CC1CCCC1N1CCCC1. The van der Waals surface area contributed by atoms with Crippen LogP contribution in [-0.4, -0.2) is 30.3 Å². The molecule has 1 heterocycles. The molecule has 0 aromatic rings. The molecule has 0 aromatic carbocycles. The van der Waals surface area contributed by atoms with Crippen molar-refractivity contribution in [2.24, 2.45) is 5.92 Å². The minimum atomic E-state index is 0.350. The van der Waals surface area contributed by atoms with Crippen LogP contribution in [0.3, 0.4) is 0 Å². The highest BCUT2D eigenvalue weighted by Crippen LogP contribution is 2.30. The van der Waals surface area contributed by atoms with Gasteiger partial charge in [0.15, 0.2) is 0 Å². The van der Waals surface area contributed by atoms with E-state index >= 15 is 0 Å². The summed E-state index contributed by atoms with van der Waals surface area (Å²) in [6.07, 6.45) is 7.48. The lowest BCUT2D eigenvalue weighted by atomic mass is 10.0. The van der Waals surface area contributed by atoms with Crippen molar-refractivity contribution in [3.05, 3.63) is 0 Å². The van der Waals surface area contributed by atoms with Crippen molar-refractivity contribution in [2.75, 3.05) is 13.1 Å². The van der Waals surface area contributed by atoms with Crippen LogP contribution >= 0.6 is 0 Å². The fraction of sp³-hybridized carbons (Fsp3) is 0.900. The summed E-state index contributed by atoms with van der Waals surface area (Å²) in [6.45, 7) is 2.46. The maximum absolute atomic E-state index is 10.7. The predicted octanol–water partition coefficient (Wildman–Crippen LogP) is 1.45. The summed E-state index contributed by atoms with van der Waals surface area (Å²) in [5.74, 6) is 0.350. The molecule has 2 fully saturated rings. The standard InChI is InChI=1S/C10H17NO/c12-8-9-4-3-5-10(9)11-6-1-2-7-11/h8-10H,1-7H2. The summed E-state index contributed by atoms with van der Waals surface area (Å²) in [4.78, 5) is 13.3. The zero-order valence-corrected chi connectivity index (χ0v) is 7.54. The van der Waals surface area contributed by atoms with Gasteiger partial charge >= 0.3 is 0 Å². The summed E-state index contributed by atoms with van der Waals surface area (Å²) in [7, 11) is 0. The van der Waals surface area contributed by atoms with Crippen LogP contribution in [0.1, 0.15) is 32.1 Å². The van der Waals surface area contributed by atoms with Gasteiger partial charge < -0.3 is 4.79 Å². The number of carbonyl (C=O) groups excluding carboxylic acids is 1. The Morgan fingerprint density at radius 2 is 1.83 bits per heavy atom. The molecule has 2 rings (SSSR count). The van der Waals surface area contributed by atoms with Crippen molar-refractivity contribution in [2.45, 2.75) is 38.1 Å². The molecule has 1 saturated carbocycles. The van der Waals surface area contributed by atoms with Gasteiger partial charge in [-0.2, -0.15) is 0 Å². The molecule has 0 spiro atoms. The Morgan fingerprint density at radius 3 is 2.50 bits per heavy atom. The van der Waals surface area contributed by atoms with E-state index in [1.54, 1.807) is 0 Å². The summed E-state index contributed by atoms with van der Waals surface area (Å²) < 4.78 is 0. The van der Waals surface area contributed by atoms with E-state index in [2.05, 4.69) is 4.90 Å². The molecule has 0 bridgehead atoms. The number of carbonyl (C=O) groups is 1. The van der Waals surface area contributed by atoms with Crippen molar-refractivity contribution >= 4 is 6.29 Å². The fourth-order valence-corrected chi connectivity index (χ4v) is 2.65. The summed E-state index contributed by atoms with van der Waals surface area (Å²) in [6, 6.07) is 0.602. The lowest BCUT2D eigenvalue weighted by Gasteiger charge is -2.25. The van der Waals surface area contributed by atoms with E-state index in [9.17, 15) is 4.79 Å². The molecule has 2 aliphatic rings. The van der Waals surface area contributed by atoms with Crippen LogP contribution in [-0.2, 0) is 4.79 Å². The van der Waals surface area contributed by atoms with Crippen LogP contribution < -0.4 is 0 Å². The second kappa shape index (κ2) is 3.56. The van der Waals surface area contributed by atoms with E-state index < -0.39 is 0 Å². The van der Waals surface area contributed by atoms with Gasteiger partial charge in [-0.3, -0.25) is 4.90 Å². The molecule has 1 aliphatic heterocycles. The zero-order valence-electron chi connectivity index (χ0n) is 7.54. The largest absolute Gasteiger partial charge is 0.303 e. The lowest BCUT2D eigenvalue weighted by molar-refractivity contribution is -0.112. The summed E-state index contributed by atoms with van der Waals surface area (Å²) >= 11 is 0. The van der Waals surface area contributed by atoms with E-state index in [4.69, 9.17) is 0 Å². The molecule has 0 aromatic heterocycles. The Labute approximate surface area is 73.9 Å². The van der Waals surface area contributed by atoms with Crippen LogP contribution in [0.4, 0.5) is 0 Å². The monoisotopic (exact) mass is 167 g/mol. The van der Waals surface area contributed by atoms with Crippen molar-refractivity contribution in [3.8, 4) is 0 Å². The van der Waals surface area contributed by atoms with E-state index in [0.29, 0.717) is 12.0 Å². The van der Waals surface area contributed by atoms with Gasteiger partial charge in [0, 0.05) is 12.0 Å². The second-order valence-electron chi connectivity index (χ2n) is 4.04. The van der Waals surface area contributed by atoms with Crippen molar-refractivity contribution in [1.29, 1.82) is 0 Å². The number of nitrogens with zero attached hydrogens (tertiary/aromatic N) is 1. The van der Waals surface area contributed by atoms with E-state index in [0.717, 1.165) is 6.42 Å². The number of rotatable bonds is 2. The van der Waals surface area contributed by atoms with Crippen LogP contribution in [0.15, 0.2) is 0 Å². The normalized spacial score (nSPS) is 37.3. The molecule has 0 amide bonds. The third kappa shape index (κ3) is 1.40. The fourth-order valence-electron chi connectivity index (χ4n) is 2.65. The van der Waals surface area contributed by atoms with Gasteiger partial charge in [-0.15, -0.1) is 0 Å². The minimum Gasteiger partial charge on any atom is -0.303 e. The van der Waals surface area contributed by atoms with E-state index in [1.807, 2.05) is 0 Å². The second-order valence-corrected chi connectivity index (χ2v) is 4.04. The molecular formula is C10H17NO. The highest BCUT2D eigenvalue weighted by molar-refractivity contribution is 5.55. The minimum absolute atomic E-state index is 0.350. The first-order valence-corrected chi connectivity index (χ1v) is 5.11. The van der Waals surface area contributed by atoms with Crippen molar-refractivity contribution < 1.29 is 4.79 Å². The lowest BCUT2D eigenvalue weighted by Crippen LogP contribution is -2.35. The number of hydrogen-bond donors (Lipinski definition) is 0. The molecule has 2 heteroatoms. The van der Waals surface area contributed by atoms with Crippen LogP contribution in [0.2, 0.25) is 0 Å². The summed E-state index contributed by atoms with van der Waals surface area (Å²) in [5, 5.41) is 0. The Morgan fingerprint density at radius 1 is 1.08 bits per heavy atom. The van der Waals surface area contributed by atoms with Gasteiger partial charge in [0.25, 0.3) is 0 Å².